The number of hydrogen-bond donors (Lipinski definition) is 0. The van der Waals surface area contributed by atoms with Crippen molar-refractivity contribution in [2.75, 3.05) is 6.61 Å². The van der Waals surface area contributed by atoms with Crippen LogP contribution in [0.5, 0.6) is 0 Å². The summed E-state index contributed by atoms with van der Waals surface area (Å²) < 4.78 is 46.5. The van der Waals surface area contributed by atoms with Crippen molar-refractivity contribution >= 4 is 5.97 Å². The van der Waals surface area contributed by atoms with E-state index in [0.717, 1.165) is 12.8 Å². The molecule has 1 aromatic rings. The zero-order valence-corrected chi connectivity index (χ0v) is 13.8. The van der Waals surface area contributed by atoms with Gasteiger partial charge in [-0.05, 0) is 31.1 Å². The maximum atomic E-state index is 13.5. The van der Waals surface area contributed by atoms with Crippen molar-refractivity contribution in [2.45, 2.75) is 64.6 Å². The molecule has 0 radical (unpaired) electrons. The van der Waals surface area contributed by atoms with Crippen LogP contribution in [-0.4, -0.2) is 22.4 Å². The Morgan fingerprint density at radius 1 is 1.39 bits per heavy atom. The van der Waals surface area contributed by atoms with Crippen molar-refractivity contribution in [3.63, 3.8) is 0 Å². The average Bonchev–Trinajstić information content (AvgIpc) is 2.94. The maximum Gasteiger partial charge on any atom is 0.435 e. The number of hydrogen-bond acceptors (Lipinski definition) is 3. The molecule has 1 aromatic heterocycles. The fourth-order valence-corrected chi connectivity index (χ4v) is 4.47. The Balaban J connectivity index is 2.16. The Kier molecular flexibility index (Phi) is 3.36. The van der Waals surface area contributed by atoms with Crippen LogP contribution in [0.15, 0.2) is 0 Å². The van der Waals surface area contributed by atoms with E-state index in [4.69, 9.17) is 4.74 Å². The first-order valence-electron chi connectivity index (χ1n) is 7.88. The number of nitrogens with zero attached hydrogens (tertiary/aromatic N) is 2. The van der Waals surface area contributed by atoms with Crippen molar-refractivity contribution in [1.82, 2.24) is 9.78 Å². The van der Waals surface area contributed by atoms with E-state index in [0.29, 0.717) is 11.3 Å². The second-order valence-corrected chi connectivity index (χ2v) is 7.22. The lowest BCUT2D eigenvalue weighted by molar-refractivity contribution is -0.146. The summed E-state index contributed by atoms with van der Waals surface area (Å²) in [6.45, 7) is 7.60. The number of aromatic nitrogens is 2. The molecule has 0 spiro atoms. The number of ether oxygens (including phenoxy) is 1. The molecule has 0 saturated heterocycles. The minimum Gasteiger partial charge on any atom is -0.465 e. The van der Waals surface area contributed by atoms with Crippen molar-refractivity contribution in [3.05, 3.63) is 17.0 Å². The van der Waals surface area contributed by atoms with Crippen molar-refractivity contribution in [1.29, 1.82) is 0 Å². The molecule has 4 nitrogen and oxygen atoms in total. The molecule has 2 bridgehead atoms. The molecule has 0 amide bonds. The second-order valence-electron chi connectivity index (χ2n) is 7.22. The summed E-state index contributed by atoms with van der Waals surface area (Å²) in [5, 5.41) is 3.77. The molecule has 2 aliphatic rings. The Hall–Kier alpha value is -1.53. The van der Waals surface area contributed by atoms with E-state index in [1.807, 2.05) is 20.8 Å². The highest BCUT2D eigenvalue weighted by atomic mass is 19.4. The van der Waals surface area contributed by atoms with Crippen LogP contribution in [0.2, 0.25) is 0 Å². The van der Waals surface area contributed by atoms with Crippen molar-refractivity contribution < 1.29 is 22.7 Å². The van der Waals surface area contributed by atoms with E-state index in [2.05, 4.69) is 5.10 Å². The van der Waals surface area contributed by atoms with Crippen LogP contribution in [0.1, 0.15) is 63.4 Å². The highest BCUT2D eigenvalue weighted by molar-refractivity contribution is 5.69. The van der Waals surface area contributed by atoms with Gasteiger partial charge in [0.1, 0.15) is 6.54 Å². The smallest absolute Gasteiger partial charge is 0.435 e. The molecule has 2 unspecified atom stereocenters. The predicted octanol–water partition coefficient (Wildman–Crippen LogP) is 3.64. The van der Waals surface area contributed by atoms with Crippen molar-refractivity contribution in [3.8, 4) is 0 Å². The second kappa shape index (κ2) is 4.74. The van der Waals surface area contributed by atoms with Gasteiger partial charge in [0.25, 0.3) is 0 Å². The van der Waals surface area contributed by atoms with Gasteiger partial charge in [-0.3, -0.25) is 9.48 Å². The number of halogens is 3. The first-order valence-corrected chi connectivity index (χ1v) is 7.88. The third-order valence-corrected chi connectivity index (χ3v) is 5.94. The molecule has 2 atom stereocenters. The van der Waals surface area contributed by atoms with E-state index in [-0.39, 0.29) is 24.5 Å². The number of carbonyl (C=O) groups is 1. The molecular formula is C16H21F3N2O2. The number of fused-ring (bicyclic) bond motifs is 5. The lowest BCUT2D eigenvalue weighted by Gasteiger charge is -2.35. The van der Waals surface area contributed by atoms with Gasteiger partial charge in [0, 0.05) is 16.7 Å². The zero-order valence-electron chi connectivity index (χ0n) is 13.8. The molecule has 0 N–H and O–H groups in total. The first-order chi connectivity index (χ1) is 10.5. The topological polar surface area (TPSA) is 44.1 Å². The highest BCUT2D eigenvalue weighted by Gasteiger charge is 2.64. The summed E-state index contributed by atoms with van der Waals surface area (Å²) in [6, 6.07) is 0. The third-order valence-electron chi connectivity index (χ3n) is 5.94. The Morgan fingerprint density at radius 3 is 2.61 bits per heavy atom. The molecule has 2 aliphatic carbocycles. The molecule has 0 aliphatic heterocycles. The fourth-order valence-electron chi connectivity index (χ4n) is 4.47. The Labute approximate surface area is 133 Å². The number of rotatable bonds is 3. The normalized spacial score (nSPS) is 28.0. The number of carbonyl (C=O) groups excluding carboxylic acids is 1. The van der Waals surface area contributed by atoms with Crippen LogP contribution in [0.25, 0.3) is 0 Å². The average molecular weight is 330 g/mol. The van der Waals surface area contributed by atoms with Crippen LogP contribution in [-0.2, 0) is 27.7 Å². The summed E-state index contributed by atoms with van der Waals surface area (Å²) in [7, 11) is 0. The number of alkyl halides is 3. The van der Waals surface area contributed by atoms with Crippen LogP contribution in [0, 0.1) is 5.41 Å². The summed E-state index contributed by atoms with van der Waals surface area (Å²) in [5.41, 5.74) is -0.662. The largest absolute Gasteiger partial charge is 0.465 e. The van der Waals surface area contributed by atoms with Gasteiger partial charge < -0.3 is 4.74 Å². The summed E-state index contributed by atoms with van der Waals surface area (Å²) in [5.74, 6) is -0.731. The van der Waals surface area contributed by atoms with Crippen LogP contribution in [0.3, 0.4) is 0 Å². The highest BCUT2D eigenvalue weighted by Crippen LogP contribution is 2.69. The lowest BCUT2D eigenvalue weighted by atomic mass is 9.70. The van der Waals surface area contributed by atoms with E-state index in [1.165, 1.54) is 4.68 Å². The Morgan fingerprint density at radius 2 is 2.04 bits per heavy atom. The molecule has 3 rings (SSSR count). The molecule has 7 heteroatoms. The maximum absolute atomic E-state index is 13.5. The van der Waals surface area contributed by atoms with Gasteiger partial charge in [-0.1, -0.05) is 20.8 Å². The molecule has 1 saturated carbocycles. The SMILES string of the molecule is CCOC(=O)Cn1nc(C(F)(F)F)c2c1C1(C)CCC2C1(C)C. The first kappa shape index (κ1) is 16.3. The van der Waals surface area contributed by atoms with Gasteiger partial charge >= 0.3 is 12.1 Å². The standard InChI is InChI=1S/C16H21F3N2O2/c1-5-23-10(22)8-21-13-11(12(20-21)16(17,18)19)9-6-7-15(13,4)14(9,2)3/h9H,5-8H2,1-4H3. The van der Waals surface area contributed by atoms with Gasteiger partial charge in [-0.15, -0.1) is 0 Å². The third kappa shape index (κ3) is 2.04. The summed E-state index contributed by atoms with van der Waals surface area (Å²) >= 11 is 0. The van der Waals surface area contributed by atoms with Crippen LogP contribution in [0.4, 0.5) is 13.2 Å². The van der Waals surface area contributed by atoms with Crippen LogP contribution >= 0.6 is 0 Å². The monoisotopic (exact) mass is 330 g/mol. The zero-order chi connectivity index (χ0) is 17.2. The molecule has 0 aromatic carbocycles. The predicted molar refractivity (Wildman–Crippen MR) is 77.0 cm³/mol. The minimum absolute atomic E-state index is 0.171. The van der Waals surface area contributed by atoms with Gasteiger partial charge in [-0.25, -0.2) is 0 Å². The summed E-state index contributed by atoms with van der Waals surface area (Å²) in [4.78, 5) is 11.8. The van der Waals surface area contributed by atoms with Gasteiger partial charge in [-0.2, -0.15) is 18.3 Å². The van der Waals surface area contributed by atoms with Crippen LogP contribution < -0.4 is 0 Å². The fraction of sp³-hybridized carbons (Fsp3) is 0.750. The van der Waals surface area contributed by atoms with Crippen molar-refractivity contribution in [2.24, 2.45) is 5.41 Å². The molecule has 128 valence electrons. The quantitative estimate of drug-likeness (QED) is 0.795. The summed E-state index contributed by atoms with van der Waals surface area (Å²) in [6.07, 6.45) is -2.98. The van der Waals surface area contributed by atoms with E-state index in [9.17, 15) is 18.0 Å². The lowest BCUT2D eigenvalue weighted by Crippen LogP contribution is -2.34. The van der Waals surface area contributed by atoms with E-state index >= 15 is 0 Å². The molecular weight excluding hydrogens is 309 g/mol. The Bertz CT molecular complexity index is 663. The van der Waals surface area contributed by atoms with E-state index in [1.54, 1.807) is 6.92 Å². The minimum atomic E-state index is -4.51. The molecule has 23 heavy (non-hydrogen) atoms. The van der Waals surface area contributed by atoms with E-state index < -0.39 is 23.3 Å². The molecule has 1 fully saturated rings. The number of esters is 1. The van der Waals surface area contributed by atoms with Gasteiger partial charge in [0.2, 0.25) is 0 Å². The molecule has 1 heterocycles. The van der Waals surface area contributed by atoms with Gasteiger partial charge in [0.15, 0.2) is 5.69 Å². The van der Waals surface area contributed by atoms with Gasteiger partial charge in [0.05, 0.1) is 6.61 Å².